The van der Waals surface area contributed by atoms with Crippen LogP contribution in [0.1, 0.15) is 22.7 Å². The molecule has 0 spiro atoms. The number of halogens is 1. The molecule has 3 rings (SSSR count). The van der Waals surface area contributed by atoms with E-state index in [1.165, 1.54) is 4.90 Å². The molecule has 1 atom stereocenters. The van der Waals surface area contributed by atoms with Crippen molar-refractivity contribution in [3.8, 4) is 5.75 Å². The third-order valence-electron chi connectivity index (χ3n) is 5.33. The van der Waals surface area contributed by atoms with E-state index < -0.39 is 17.7 Å². The minimum absolute atomic E-state index is 0.0962. The molecule has 0 aliphatic carbocycles. The van der Waals surface area contributed by atoms with Crippen LogP contribution in [0.2, 0.25) is 0 Å². The number of benzene rings is 2. The minimum Gasteiger partial charge on any atom is -0.507 e. The summed E-state index contributed by atoms with van der Waals surface area (Å²) in [5.74, 6) is -0.836. The first-order valence-corrected chi connectivity index (χ1v) is 11.1. The molecule has 168 valence electrons. The Labute approximate surface area is 196 Å². The number of ether oxygens (including phenoxy) is 1. The van der Waals surface area contributed by atoms with E-state index in [1.54, 1.807) is 24.3 Å². The standard InChI is InChI=1S/C25H27BrN2O4/c1-5-14-32-19-10-11-20(16(2)15-19)23(29)21-22(17-6-8-18(26)9-7-17)28(13-12-27(3)4)25(31)24(21)30/h5-11,15,22,29H,1,12-14H2,2-4H3/t22-/m0/s1. The lowest BCUT2D eigenvalue weighted by atomic mass is 9.94. The molecular formula is C25H27BrN2O4. The number of hydrogen-bond acceptors (Lipinski definition) is 5. The van der Waals surface area contributed by atoms with Gasteiger partial charge in [0.05, 0.1) is 11.6 Å². The Hall–Kier alpha value is -2.90. The van der Waals surface area contributed by atoms with Crippen LogP contribution in [-0.2, 0) is 9.59 Å². The molecule has 6 nitrogen and oxygen atoms in total. The van der Waals surface area contributed by atoms with E-state index in [0.717, 1.165) is 15.6 Å². The zero-order valence-corrected chi connectivity index (χ0v) is 20.1. The molecule has 2 aromatic rings. The van der Waals surface area contributed by atoms with Gasteiger partial charge >= 0.3 is 0 Å². The smallest absolute Gasteiger partial charge is 0.295 e. The zero-order chi connectivity index (χ0) is 23.4. The van der Waals surface area contributed by atoms with E-state index in [2.05, 4.69) is 22.5 Å². The Balaban J connectivity index is 2.11. The van der Waals surface area contributed by atoms with Crippen LogP contribution in [0.3, 0.4) is 0 Å². The van der Waals surface area contributed by atoms with Gasteiger partial charge in [0.25, 0.3) is 11.7 Å². The van der Waals surface area contributed by atoms with Gasteiger partial charge in [-0.3, -0.25) is 9.59 Å². The Morgan fingerprint density at radius 2 is 1.91 bits per heavy atom. The van der Waals surface area contributed by atoms with Crippen LogP contribution in [0.5, 0.6) is 5.75 Å². The van der Waals surface area contributed by atoms with Gasteiger partial charge in [-0.25, -0.2) is 0 Å². The van der Waals surface area contributed by atoms with Crippen molar-refractivity contribution in [2.24, 2.45) is 0 Å². The summed E-state index contributed by atoms with van der Waals surface area (Å²) >= 11 is 3.42. The lowest BCUT2D eigenvalue weighted by Gasteiger charge is -2.26. The summed E-state index contributed by atoms with van der Waals surface area (Å²) in [6.45, 7) is 6.78. The highest BCUT2D eigenvalue weighted by molar-refractivity contribution is 9.10. The highest BCUT2D eigenvalue weighted by Crippen LogP contribution is 2.40. The number of nitrogens with zero attached hydrogens (tertiary/aromatic N) is 2. The van der Waals surface area contributed by atoms with Crippen molar-refractivity contribution in [2.75, 3.05) is 33.8 Å². The van der Waals surface area contributed by atoms with E-state index in [-0.39, 0.29) is 11.3 Å². The lowest BCUT2D eigenvalue weighted by molar-refractivity contribution is -0.140. The molecule has 0 radical (unpaired) electrons. The molecule has 0 aromatic heterocycles. The summed E-state index contributed by atoms with van der Waals surface area (Å²) in [5.41, 5.74) is 2.08. The average molecular weight is 499 g/mol. The molecule has 0 saturated carbocycles. The first-order valence-electron chi connectivity index (χ1n) is 10.3. The van der Waals surface area contributed by atoms with Gasteiger partial charge < -0.3 is 19.6 Å². The minimum atomic E-state index is -0.680. The fourth-order valence-corrected chi connectivity index (χ4v) is 3.97. The van der Waals surface area contributed by atoms with Gasteiger partial charge in [-0.2, -0.15) is 0 Å². The van der Waals surface area contributed by atoms with Gasteiger partial charge in [0.1, 0.15) is 18.1 Å². The molecule has 0 bridgehead atoms. The molecule has 1 N–H and O–H groups in total. The van der Waals surface area contributed by atoms with Gasteiger partial charge in [0, 0.05) is 23.1 Å². The third-order valence-corrected chi connectivity index (χ3v) is 5.86. The summed E-state index contributed by atoms with van der Waals surface area (Å²) in [6.07, 6.45) is 1.65. The monoisotopic (exact) mass is 498 g/mol. The highest BCUT2D eigenvalue weighted by atomic mass is 79.9. The fourth-order valence-electron chi connectivity index (χ4n) is 3.70. The third kappa shape index (κ3) is 4.95. The number of amides is 1. The van der Waals surface area contributed by atoms with Crippen molar-refractivity contribution in [1.29, 1.82) is 0 Å². The molecule has 0 unspecified atom stereocenters. The molecule has 7 heteroatoms. The highest BCUT2D eigenvalue weighted by Gasteiger charge is 2.46. The SMILES string of the molecule is C=CCOc1ccc(C(O)=C2C(=O)C(=O)N(CCN(C)C)[C@H]2c2ccc(Br)cc2)c(C)c1. The number of carbonyl (C=O) groups excluding carboxylic acids is 2. The maximum Gasteiger partial charge on any atom is 0.295 e. The van der Waals surface area contributed by atoms with E-state index in [1.807, 2.05) is 50.2 Å². The molecule has 2 aromatic carbocycles. The summed E-state index contributed by atoms with van der Waals surface area (Å²) in [5, 5.41) is 11.2. The number of rotatable bonds is 8. The number of aliphatic hydroxyl groups excluding tert-OH is 1. The summed E-state index contributed by atoms with van der Waals surface area (Å²) in [4.78, 5) is 29.5. The van der Waals surface area contributed by atoms with Crippen LogP contribution in [0.25, 0.3) is 5.76 Å². The van der Waals surface area contributed by atoms with Gasteiger partial charge in [-0.05, 0) is 62.5 Å². The second-order valence-electron chi connectivity index (χ2n) is 7.92. The van der Waals surface area contributed by atoms with Crippen LogP contribution in [0, 0.1) is 6.92 Å². The van der Waals surface area contributed by atoms with E-state index in [9.17, 15) is 14.7 Å². The van der Waals surface area contributed by atoms with Gasteiger partial charge in [-0.15, -0.1) is 0 Å². The van der Waals surface area contributed by atoms with E-state index >= 15 is 0 Å². The quantitative estimate of drug-likeness (QED) is 0.254. The number of likely N-dealkylation sites (tertiary alicyclic amines) is 1. The Morgan fingerprint density at radius 1 is 1.22 bits per heavy atom. The second kappa shape index (κ2) is 10.1. The van der Waals surface area contributed by atoms with Crippen molar-refractivity contribution in [3.63, 3.8) is 0 Å². The number of likely N-dealkylation sites (N-methyl/N-ethyl adjacent to an activating group) is 1. The van der Waals surface area contributed by atoms with Crippen molar-refractivity contribution in [1.82, 2.24) is 9.80 Å². The molecule has 1 saturated heterocycles. The molecule has 1 aliphatic heterocycles. The molecular weight excluding hydrogens is 472 g/mol. The van der Waals surface area contributed by atoms with Crippen LogP contribution < -0.4 is 4.74 Å². The zero-order valence-electron chi connectivity index (χ0n) is 18.5. The first kappa shape index (κ1) is 23.8. The van der Waals surface area contributed by atoms with Crippen molar-refractivity contribution >= 4 is 33.4 Å². The molecule has 1 heterocycles. The summed E-state index contributed by atoms with van der Waals surface area (Å²) < 4.78 is 6.44. The van der Waals surface area contributed by atoms with Gasteiger partial charge in [-0.1, -0.05) is 40.7 Å². The Morgan fingerprint density at radius 3 is 2.50 bits per heavy atom. The number of aryl methyl sites for hydroxylation is 1. The van der Waals surface area contributed by atoms with Crippen LogP contribution in [0.4, 0.5) is 0 Å². The lowest BCUT2D eigenvalue weighted by Crippen LogP contribution is -2.35. The number of Topliss-reactive ketones (excluding diaryl/α,β-unsaturated/α-hetero) is 1. The predicted molar refractivity (Wildman–Crippen MR) is 129 cm³/mol. The summed E-state index contributed by atoms with van der Waals surface area (Å²) in [7, 11) is 3.81. The van der Waals surface area contributed by atoms with Crippen LogP contribution in [0.15, 0.2) is 65.2 Å². The topological polar surface area (TPSA) is 70.1 Å². The number of carbonyl (C=O) groups is 2. The van der Waals surface area contributed by atoms with E-state index in [0.29, 0.717) is 31.0 Å². The molecule has 1 amide bonds. The van der Waals surface area contributed by atoms with Crippen molar-refractivity contribution in [3.05, 3.63) is 81.9 Å². The number of ketones is 1. The van der Waals surface area contributed by atoms with Gasteiger partial charge in [0.2, 0.25) is 0 Å². The average Bonchev–Trinajstić information content (AvgIpc) is 3.01. The maximum atomic E-state index is 13.1. The van der Waals surface area contributed by atoms with Crippen LogP contribution >= 0.6 is 15.9 Å². The summed E-state index contributed by atoms with van der Waals surface area (Å²) in [6, 6.07) is 12.0. The van der Waals surface area contributed by atoms with Crippen LogP contribution in [-0.4, -0.2) is 60.4 Å². The Bertz CT molecular complexity index is 1060. The Kier molecular flexibility index (Phi) is 7.53. The maximum absolute atomic E-state index is 13.1. The van der Waals surface area contributed by atoms with Gasteiger partial charge in [0.15, 0.2) is 0 Å². The second-order valence-corrected chi connectivity index (χ2v) is 8.84. The predicted octanol–water partition coefficient (Wildman–Crippen LogP) is 4.31. The first-order chi connectivity index (χ1) is 15.2. The number of hydrogen-bond donors (Lipinski definition) is 1. The molecule has 32 heavy (non-hydrogen) atoms. The van der Waals surface area contributed by atoms with Crippen molar-refractivity contribution in [2.45, 2.75) is 13.0 Å². The number of aliphatic hydroxyl groups is 1. The molecule has 1 aliphatic rings. The fraction of sp³-hybridized carbons (Fsp3) is 0.280. The largest absolute Gasteiger partial charge is 0.507 e. The molecule has 1 fully saturated rings. The normalized spacial score (nSPS) is 17.8. The van der Waals surface area contributed by atoms with E-state index in [4.69, 9.17) is 4.74 Å². The van der Waals surface area contributed by atoms with Crippen molar-refractivity contribution < 1.29 is 19.4 Å².